The molecule has 1 aliphatic rings. The molecule has 1 heterocycles. The van der Waals surface area contributed by atoms with Gasteiger partial charge in [-0.05, 0) is 35.9 Å². The van der Waals surface area contributed by atoms with Crippen molar-refractivity contribution in [3.63, 3.8) is 0 Å². The molecule has 1 aliphatic heterocycles. The van der Waals surface area contributed by atoms with Gasteiger partial charge in [0, 0.05) is 18.5 Å². The quantitative estimate of drug-likeness (QED) is 0.673. The molecule has 0 radical (unpaired) electrons. The second-order valence-corrected chi connectivity index (χ2v) is 5.92. The summed E-state index contributed by atoms with van der Waals surface area (Å²) in [4.78, 5) is 12.3. The van der Waals surface area contributed by atoms with Crippen molar-refractivity contribution >= 4 is 22.8 Å². The van der Waals surface area contributed by atoms with Crippen LogP contribution in [0.4, 0.5) is 0 Å². The number of nitrogens with zero attached hydrogens (tertiary/aromatic N) is 1. The molecular weight excluding hydrogens is 316 g/mol. The minimum atomic E-state index is -0.377. The van der Waals surface area contributed by atoms with Gasteiger partial charge in [-0.3, -0.25) is 4.79 Å². The molecule has 3 rings (SSSR count). The van der Waals surface area contributed by atoms with Gasteiger partial charge in [0.15, 0.2) is 0 Å². The number of fused-ring (bicyclic) bond motifs is 1. The Labute approximate surface area is 146 Å². The standard InChI is InChI=1S/C20H20N2O3/c1-24-19-9-8-14(17-6-2-3-7-18(17)19)11-15(12-21)20(23)22-13-16-5-4-10-25-16/h2-3,6-9,11,16H,4-5,10,13H2,1H3,(H,22,23)/b15-11+/t16-/m0/s1. The Balaban J connectivity index is 1.85. The predicted molar refractivity (Wildman–Crippen MR) is 96.1 cm³/mol. The van der Waals surface area contributed by atoms with E-state index in [-0.39, 0.29) is 17.6 Å². The van der Waals surface area contributed by atoms with Gasteiger partial charge in [-0.1, -0.05) is 30.3 Å². The lowest BCUT2D eigenvalue weighted by Crippen LogP contribution is -2.32. The number of carbonyl (C=O) groups is 1. The lowest BCUT2D eigenvalue weighted by molar-refractivity contribution is -0.117. The normalized spacial score (nSPS) is 17.3. The highest BCUT2D eigenvalue weighted by molar-refractivity contribution is 6.04. The number of methoxy groups -OCH3 is 1. The van der Waals surface area contributed by atoms with E-state index in [1.54, 1.807) is 13.2 Å². The summed E-state index contributed by atoms with van der Waals surface area (Å²) in [7, 11) is 1.62. The number of nitriles is 1. The number of amides is 1. The van der Waals surface area contributed by atoms with E-state index >= 15 is 0 Å². The van der Waals surface area contributed by atoms with Gasteiger partial charge >= 0.3 is 0 Å². The molecule has 25 heavy (non-hydrogen) atoms. The van der Waals surface area contributed by atoms with E-state index in [1.165, 1.54) is 0 Å². The summed E-state index contributed by atoms with van der Waals surface area (Å²) < 4.78 is 10.9. The number of benzene rings is 2. The first-order chi connectivity index (χ1) is 12.2. The zero-order valence-electron chi connectivity index (χ0n) is 14.1. The van der Waals surface area contributed by atoms with Crippen LogP contribution in [0.25, 0.3) is 16.8 Å². The molecule has 1 N–H and O–H groups in total. The molecule has 5 nitrogen and oxygen atoms in total. The lowest BCUT2D eigenvalue weighted by Gasteiger charge is -2.11. The zero-order chi connectivity index (χ0) is 17.6. The number of rotatable bonds is 5. The molecule has 5 heteroatoms. The molecule has 1 atom stereocenters. The van der Waals surface area contributed by atoms with Gasteiger partial charge in [-0.25, -0.2) is 0 Å². The summed E-state index contributed by atoms with van der Waals surface area (Å²) in [5.74, 6) is 0.381. The van der Waals surface area contributed by atoms with Crippen LogP contribution >= 0.6 is 0 Å². The summed E-state index contributed by atoms with van der Waals surface area (Å²) in [6.07, 6.45) is 3.62. The van der Waals surface area contributed by atoms with E-state index in [0.717, 1.165) is 41.5 Å². The first-order valence-electron chi connectivity index (χ1n) is 8.30. The fourth-order valence-electron chi connectivity index (χ4n) is 3.01. The summed E-state index contributed by atoms with van der Waals surface area (Å²) in [5.41, 5.74) is 0.883. The maximum Gasteiger partial charge on any atom is 0.262 e. The van der Waals surface area contributed by atoms with Gasteiger partial charge in [0.2, 0.25) is 0 Å². The Morgan fingerprint density at radius 2 is 2.16 bits per heavy atom. The molecule has 0 aromatic heterocycles. The lowest BCUT2D eigenvalue weighted by atomic mass is 10.0. The SMILES string of the molecule is COc1ccc(/C=C(\C#N)C(=O)NC[C@@H]2CCCO2)c2ccccc12. The van der Waals surface area contributed by atoms with Gasteiger partial charge < -0.3 is 14.8 Å². The molecule has 1 amide bonds. The van der Waals surface area contributed by atoms with Crippen molar-refractivity contribution in [2.24, 2.45) is 0 Å². The van der Waals surface area contributed by atoms with E-state index in [9.17, 15) is 10.1 Å². The van der Waals surface area contributed by atoms with Crippen molar-refractivity contribution in [1.29, 1.82) is 5.26 Å². The van der Waals surface area contributed by atoms with Gasteiger partial charge in [-0.15, -0.1) is 0 Å². The van der Waals surface area contributed by atoms with Gasteiger partial charge in [0.1, 0.15) is 17.4 Å². The summed E-state index contributed by atoms with van der Waals surface area (Å²) in [6, 6.07) is 13.4. The molecule has 1 fully saturated rings. The van der Waals surface area contributed by atoms with Crippen molar-refractivity contribution < 1.29 is 14.3 Å². The molecule has 2 aromatic rings. The Bertz CT molecular complexity index is 846. The van der Waals surface area contributed by atoms with Crippen molar-refractivity contribution in [2.75, 3.05) is 20.3 Å². The summed E-state index contributed by atoms with van der Waals surface area (Å²) >= 11 is 0. The molecular formula is C20H20N2O3. The van der Waals surface area contributed by atoms with Crippen LogP contribution in [-0.4, -0.2) is 32.3 Å². The molecule has 2 aromatic carbocycles. The van der Waals surface area contributed by atoms with Gasteiger partial charge in [0.05, 0.1) is 13.2 Å². The molecule has 0 spiro atoms. The molecule has 0 unspecified atom stereocenters. The highest BCUT2D eigenvalue weighted by Crippen LogP contribution is 2.29. The predicted octanol–water partition coefficient (Wildman–Crippen LogP) is 3.05. The van der Waals surface area contributed by atoms with Gasteiger partial charge in [-0.2, -0.15) is 5.26 Å². The number of hydrogen-bond acceptors (Lipinski definition) is 4. The largest absolute Gasteiger partial charge is 0.496 e. The fourth-order valence-corrected chi connectivity index (χ4v) is 3.01. The second kappa shape index (κ2) is 7.82. The van der Waals surface area contributed by atoms with Crippen molar-refractivity contribution in [1.82, 2.24) is 5.32 Å². The van der Waals surface area contributed by atoms with Gasteiger partial charge in [0.25, 0.3) is 5.91 Å². The summed E-state index contributed by atoms with van der Waals surface area (Å²) in [5, 5.41) is 14.0. The van der Waals surface area contributed by atoms with Crippen molar-refractivity contribution in [3.05, 3.63) is 47.5 Å². The Morgan fingerprint density at radius 1 is 1.36 bits per heavy atom. The maximum atomic E-state index is 12.3. The van der Waals surface area contributed by atoms with Crippen molar-refractivity contribution in [2.45, 2.75) is 18.9 Å². The number of carbonyl (C=O) groups excluding carboxylic acids is 1. The van der Waals surface area contributed by atoms with Crippen LogP contribution in [-0.2, 0) is 9.53 Å². The fraction of sp³-hybridized carbons (Fsp3) is 0.300. The van der Waals surface area contributed by atoms with E-state index < -0.39 is 0 Å². The Hall–Kier alpha value is -2.84. The Morgan fingerprint density at radius 3 is 2.84 bits per heavy atom. The number of ether oxygens (including phenoxy) is 2. The minimum absolute atomic E-state index is 0.0470. The maximum absolute atomic E-state index is 12.3. The summed E-state index contributed by atoms with van der Waals surface area (Å²) in [6.45, 7) is 1.17. The average molecular weight is 336 g/mol. The topological polar surface area (TPSA) is 71.3 Å². The van der Waals surface area contributed by atoms with Crippen LogP contribution in [0.3, 0.4) is 0 Å². The van der Waals surface area contributed by atoms with Crippen LogP contribution in [0.5, 0.6) is 5.75 Å². The molecule has 1 saturated heterocycles. The van der Waals surface area contributed by atoms with Crippen LogP contribution < -0.4 is 10.1 Å². The average Bonchev–Trinajstić information content (AvgIpc) is 3.17. The third-order valence-corrected chi connectivity index (χ3v) is 4.32. The number of nitrogens with one attached hydrogen (secondary N) is 1. The molecule has 0 bridgehead atoms. The first kappa shape index (κ1) is 17.0. The van der Waals surface area contributed by atoms with Crippen LogP contribution in [0.2, 0.25) is 0 Å². The Kier molecular flexibility index (Phi) is 5.32. The molecule has 128 valence electrons. The van der Waals surface area contributed by atoms with E-state index in [2.05, 4.69) is 5.32 Å². The van der Waals surface area contributed by atoms with Crippen LogP contribution in [0.15, 0.2) is 42.0 Å². The number of hydrogen-bond donors (Lipinski definition) is 1. The smallest absolute Gasteiger partial charge is 0.262 e. The van der Waals surface area contributed by atoms with Crippen LogP contribution in [0, 0.1) is 11.3 Å². The van der Waals surface area contributed by atoms with Crippen LogP contribution in [0.1, 0.15) is 18.4 Å². The first-order valence-corrected chi connectivity index (χ1v) is 8.30. The monoisotopic (exact) mass is 336 g/mol. The minimum Gasteiger partial charge on any atom is -0.496 e. The van der Waals surface area contributed by atoms with E-state index in [0.29, 0.717) is 6.54 Å². The van der Waals surface area contributed by atoms with E-state index in [1.807, 2.05) is 42.5 Å². The third kappa shape index (κ3) is 3.81. The highest BCUT2D eigenvalue weighted by Gasteiger charge is 2.18. The highest BCUT2D eigenvalue weighted by atomic mass is 16.5. The molecule has 0 aliphatic carbocycles. The second-order valence-electron chi connectivity index (χ2n) is 5.92. The third-order valence-electron chi connectivity index (χ3n) is 4.32. The van der Waals surface area contributed by atoms with Crippen molar-refractivity contribution in [3.8, 4) is 11.8 Å². The van der Waals surface area contributed by atoms with E-state index in [4.69, 9.17) is 9.47 Å². The zero-order valence-corrected chi connectivity index (χ0v) is 14.1. The molecule has 0 saturated carbocycles.